The van der Waals surface area contributed by atoms with Gasteiger partial charge in [0.1, 0.15) is 18.4 Å². The molecular weight excluding hydrogens is 242 g/mol. The van der Waals surface area contributed by atoms with E-state index in [9.17, 15) is 0 Å². The van der Waals surface area contributed by atoms with E-state index in [1.54, 1.807) is 30.5 Å². The molecule has 0 fully saturated rings. The summed E-state index contributed by atoms with van der Waals surface area (Å²) in [5, 5.41) is 8.90. The number of pyridine rings is 1. The van der Waals surface area contributed by atoms with Crippen LogP contribution in [0.1, 0.15) is 11.1 Å². The number of benzene rings is 1. The second kappa shape index (κ2) is 5.74. The minimum atomic E-state index is 0.331. The van der Waals surface area contributed by atoms with E-state index in [1.807, 2.05) is 6.07 Å². The molecule has 1 heterocycles. The summed E-state index contributed by atoms with van der Waals surface area (Å²) in [7, 11) is 1.53. The average molecular weight is 255 g/mol. The Hall–Kier alpha value is -2.74. The number of hydrogen-bond donors (Lipinski definition) is 1. The molecule has 0 saturated heterocycles. The van der Waals surface area contributed by atoms with Gasteiger partial charge in [-0.1, -0.05) is 6.07 Å². The quantitative estimate of drug-likeness (QED) is 0.905. The zero-order valence-corrected chi connectivity index (χ0v) is 10.5. The number of anilines is 1. The van der Waals surface area contributed by atoms with Crippen LogP contribution in [0.15, 0.2) is 36.5 Å². The summed E-state index contributed by atoms with van der Waals surface area (Å²) in [6.07, 6.45) is 1.60. The van der Waals surface area contributed by atoms with Gasteiger partial charge < -0.3 is 15.2 Å². The first-order valence-electron chi connectivity index (χ1n) is 5.65. The Morgan fingerprint density at radius 3 is 2.84 bits per heavy atom. The summed E-state index contributed by atoms with van der Waals surface area (Å²) < 4.78 is 10.7. The highest BCUT2D eigenvalue weighted by Gasteiger charge is 2.05. The molecule has 1 aromatic carbocycles. The summed E-state index contributed by atoms with van der Waals surface area (Å²) in [6.45, 7) is 0.331. The topological polar surface area (TPSA) is 81.2 Å². The summed E-state index contributed by atoms with van der Waals surface area (Å²) >= 11 is 0. The van der Waals surface area contributed by atoms with Gasteiger partial charge in [-0.15, -0.1) is 0 Å². The van der Waals surface area contributed by atoms with Gasteiger partial charge in [0.25, 0.3) is 0 Å². The molecule has 5 nitrogen and oxygen atoms in total. The van der Waals surface area contributed by atoms with Crippen LogP contribution in [-0.2, 0) is 6.61 Å². The van der Waals surface area contributed by atoms with Gasteiger partial charge in [-0.05, 0) is 29.8 Å². The lowest BCUT2D eigenvalue weighted by Gasteiger charge is -2.09. The summed E-state index contributed by atoms with van der Waals surface area (Å²) in [5.74, 6) is 1.41. The molecule has 2 aromatic rings. The van der Waals surface area contributed by atoms with Crippen molar-refractivity contribution in [2.75, 3.05) is 12.8 Å². The lowest BCUT2D eigenvalue weighted by molar-refractivity contribution is 0.306. The molecule has 5 heteroatoms. The first kappa shape index (κ1) is 12.7. The van der Waals surface area contributed by atoms with Gasteiger partial charge in [-0.2, -0.15) is 5.26 Å². The Morgan fingerprint density at radius 1 is 1.32 bits per heavy atom. The van der Waals surface area contributed by atoms with Gasteiger partial charge in [0.2, 0.25) is 0 Å². The molecular formula is C14H13N3O2. The van der Waals surface area contributed by atoms with Gasteiger partial charge in [-0.25, -0.2) is 4.98 Å². The number of nitrogens with two attached hydrogens (primary N) is 1. The Bertz CT molecular complexity index is 620. The molecule has 0 unspecified atom stereocenters. The molecule has 96 valence electrons. The third-order valence-electron chi connectivity index (χ3n) is 2.58. The van der Waals surface area contributed by atoms with Crippen LogP contribution in [0.4, 0.5) is 5.82 Å². The number of rotatable bonds is 4. The van der Waals surface area contributed by atoms with Crippen LogP contribution in [0.2, 0.25) is 0 Å². The predicted molar refractivity (Wildman–Crippen MR) is 70.7 cm³/mol. The van der Waals surface area contributed by atoms with Crippen LogP contribution in [0, 0.1) is 11.3 Å². The highest BCUT2D eigenvalue weighted by Crippen LogP contribution is 2.22. The maximum atomic E-state index is 8.90. The Balaban J connectivity index is 2.13. The lowest BCUT2D eigenvalue weighted by Crippen LogP contribution is -2.00. The summed E-state index contributed by atoms with van der Waals surface area (Å²) in [5.41, 5.74) is 7.06. The molecule has 2 rings (SSSR count). The third kappa shape index (κ3) is 2.93. The smallest absolute Gasteiger partial charge is 0.166 e. The molecule has 0 aliphatic heterocycles. The van der Waals surface area contributed by atoms with Gasteiger partial charge in [0.05, 0.1) is 12.7 Å². The molecule has 19 heavy (non-hydrogen) atoms. The van der Waals surface area contributed by atoms with Crippen molar-refractivity contribution in [3.63, 3.8) is 0 Å². The van der Waals surface area contributed by atoms with Crippen LogP contribution in [-0.4, -0.2) is 12.1 Å². The van der Waals surface area contributed by atoms with E-state index in [0.717, 1.165) is 5.56 Å². The van der Waals surface area contributed by atoms with E-state index in [2.05, 4.69) is 11.1 Å². The first-order valence-corrected chi connectivity index (χ1v) is 5.65. The fourth-order valence-corrected chi connectivity index (χ4v) is 1.60. The maximum Gasteiger partial charge on any atom is 0.166 e. The molecule has 0 spiro atoms. The Morgan fingerprint density at radius 2 is 2.16 bits per heavy atom. The van der Waals surface area contributed by atoms with E-state index in [1.165, 1.54) is 7.11 Å². The van der Waals surface area contributed by atoms with Crippen LogP contribution in [0.3, 0.4) is 0 Å². The number of nitrogens with zero attached hydrogens (tertiary/aromatic N) is 2. The minimum Gasteiger partial charge on any atom is -0.495 e. The molecule has 0 saturated carbocycles. The van der Waals surface area contributed by atoms with Crippen molar-refractivity contribution in [3.05, 3.63) is 47.7 Å². The van der Waals surface area contributed by atoms with Crippen molar-refractivity contribution in [1.82, 2.24) is 4.98 Å². The number of methoxy groups -OCH3 is 1. The van der Waals surface area contributed by atoms with Gasteiger partial charge in [0.15, 0.2) is 11.6 Å². The molecule has 0 amide bonds. The van der Waals surface area contributed by atoms with Crippen LogP contribution in [0.25, 0.3) is 0 Å². The van der Waals surface area contributed by atoms with Crippen LogP contribution >= 0.6 is 0 Å². The molecule has 0 radical (unpaired) electrons. The zero-order valence-electron chi connectivity index (χ0n) is 10.5. The monoisotopic (exact) mass is 255 g/mol. The van der Waals surface area contributed by atoms with Crippen molar-refractivity contribution >= 4 is 5.82 Å². The van der Waals surface area contributed by atoms with Gasteiger partial charge >= 0.3 is 0 Å². The third-order valence-corrected chi connectivity index (χ3v) is 2.58. The average Bonchev–Trinajstić information content (AvgIpc) is 2.46. The Labute approximate surface area is 111 Å². The number of nitriles is 1. The van der Waals surface area contributed by atoms with Crippen LogP contribution in [0.5, 0.6) is 11.5 Å². The van der Waals surface area contributed by atoms with Crippen molar-refractivity contribution in [2.24, 2.45) is 0 Å². The van der Waals surface area contributed by atoms with E-state index in [0.29, 0.717) is 29.5 Å². The van der Waals surface area contributed by atoms with E-state index < -0.39 is 0 Å². The van der Waals surface area contributed by atoms with Crippen molar-refractivity contribution in [1.29, 1.82) is 5.26 Å². The second-order valence-corrected chi connectivity index (χ2v) is 3.82. The lowest BCUT2D eigenvalue weighted by atomic mass is 10.1. The van der Waals surface area contributed by atoms with Crippen molar-refractivity contribution in [3.8, 4) is 17.6 Å². The molecule has 2 N–H and O–H groups in total. The van der Waals surface area contributed by atoms with E-state index in [-0.39, 0.29) is 0 Å². The van der Waals surface area contributed by atoms with E-state index >= 15 is 0 Å². The fraction of sp³-hybridized carbons (Fsp3) is 0.143. The maximum absolute atomic E-state index is 8.90. The largest absolute Gasteiger partial charge is 0.495 e. The number of nitrogen functional groups attached to an aromatic ring is 1. The normalized spacial score (nSPS) is 9.68. The summed E-state index contributed by atoms with van der Waals surface area (Å²) in [6, 6.07) is 10.8. The molecule has 0 bridgehead atoms. The fourth-order valence-electron chi connectivity index (χ4n) is 1.60. The van der Waals surface area contributed by atoms with Crippen molar-refractivity contribution < 1.29 is 9.47 Å². The standard InChI is InChI=1S/C14H13N3O2/c1-18-13-7-10(4-5-11(13)8-15)9-19-12-3-2-6-17-14(12)16/h2-7H,9H2,1H3,(H2,16,17). The van der Waals surface area contributed by atoms with Crippen LogP contribution < -0.4 is 15.2 Å². The number of ether oxygens (including phenoxy) is 2. The zero-order chi connectivity index (χ0) is 13.7. The SMILES string of the molecule is COc1cc(COc2cccnc2N)ccc1C#N. The number of hydrogen-bond acceptors (Lipinski definition) is 5. The highest BCUT2D eigenvalue weighted by molar-refractivity contribution is 5.46. The first-order chi connectivity index (χ1) is 9.24. The van der Waals surface area contributed by atoms with E-state index in [4.69, 9.17) is 20.5 Å². The summed E-state index contributed by atoms with van der Waals surface area (Å²) in [4.78, 5) is 3.94. The van der Waals surface area contributed by atoms with Gasteiger partial charge in [0, 0.05) is 6.20 Å². The molecule has 0 atom stereocenters. The second-order valence-electron chi connectivity index (χ2n) is 3.82. The molecule has 1 aromatic heterocycles. The minimum absolute atomic E-state index is 0.331. The van der Waals surface area contributed by atoms with Gasteiger partial charge in [-0.3, -0.25) is 0 Å². The Kier molecular flexibility index (Phi) is 3.84. The van der Waals surface area contributed by atoms with Crippen molar-refractivity contribution in [2.45, 2.75) is 6.61 Å². The highest BCUT2D eigenvalue weighted by atomic mass is 16.5. The predicted octanol–water partition coefficient (Wildman–Crippen LogP) is 2.12. The number of aromatic nitrogens is 1. The molecule has 0 aliphatic rings. The molecule has 0 aliphatic carbocycles.